The Morgan fingerprint density at radius 3 is 2.56 bits per heavy atom. The number of hydrogen-bond acceptors (Lipinski definition) is 8. The molecular weight excluding hydrogens is 459 g/mol. The van der Waals surface area contributed by atoms with Crippen molar-refractivity contribution in [1.82, 2.24) is 5.09 Å². The van der Waals surface area contributed by atoms with Crippen LogP contribution in [0.1, 0.15) is 74.2 Å². The van der Waals surface area contributed by atoms with Crippen molar-refractivity contribution >= 4 is 25.2 Å². The molecule has 2 N–H and O–H groups in total. The number of benzene rings is 1. The molecule has 1 aromatic carbocycles. The standard InChI is InChI=1S/C24H35N2O7P/c1-8-18-16(6)20-12-32-24(29)21(20)22(27)19(18)11-10-15(5)13-34(30,33-25-14(3)4)26-17(7)23(28)31-9-2/h10,17,27H,8-9,11-13H2,1-7H3,(H,26,30)/t17-,34?/m0/s1. The van der Waals surface area contributed by atoms with Gasteiger partial charge in [-0.3, -0.25) is 9.36 Å². The molecule has 1 aliphatic heterocycles. The topological polar surface area (TPSA) is 124 Å². The summed E-state index contributed by atoms with van der Waals surface area (Å²) in [4.78, 5) is 24.2. The Labute approximate surface area is 201 Å². The van der Waals surface area contributed by atoms with E-state index < -0.39 is 25.5 Å². The van der Waals surface area contributed by atoms with Crippen LogP contribution in [-0.2, 0) is 42.9 Å². The van der Waals surface area contributed by atoms with E-state index in [1.54, 1.807) is 34.6 Å². The highest BCUT2D eigenvalue weighted by atomic mass is 31.2. The number of nitrogens with zero attached hydrogens (tertiary/aromatic N) is 1. The van der Waals surface area contributed by atoms with Gasteiger partial charge < -0.3 is 19.2 Å². The van der Waals surface area contributed by atoms with E-state index in [0.29, 0.717) is 29.7 Å². The molecule has 0 spiro atoms. The lowest BCUT2D eigenvalue weighted by atomic mass is 9.89. The molecule has 0 fully saturated rings. The first-order valence-electron chi connectivity index (χ1n) is 11.4. The van der Waals surface area contributed by atoms with E-state index in [2.05, 4.69) is 10.2 Å². The summed E-state index contributed by atoms with van der Waals surface area (Å²) >= 11 is 0. The normalized spacial score (nSPS) is 15.7. The third-order valence-corrected chi connectivity index (χ3v) is 7.54. The van der Waals surface area contributed by atoms with E-state index in [-0.39, 0.29) is 30.7 Å². The molecule has 0 radical (unpaired) electrons. The Kier molecular flexibility index (Phi) is 9.47. The maximum absolute atomic E-state index is 13.5. The number of carbonyl (C=O) groups excluding carboxylic acids is 2. The predicted octanol–water partition coefficient (Wildman–Crippen LogP) is 4.57. The number of oxime groups is 1. The lowest BCUT2D eigenvalue weighted by Gasteiger charge is -2.21. The molecule has 0 saturated heterocycles. The van der Waals surface area contributed by atoms with Gasteiger partial charge in [-0.15, -0.1) is 0 Å². The van der Waals surface area contributed by atoms with Crippen molar-refractivity contribution in [3.05, 3.63) is 39.5 Å². The molecule has 1 unspecified atom stereocenters. The number of nitrogens with one attached hydrogen (secondary N) is 1. The fraction of sp³-hybridized carbons (Fsp3) is 0.542. The Morgan fingerprint density at radius 2 is 1.97 bits per heavy atom. The van der Waals surface area contributed by atoms with E-state index >= 15 is 0 Å². The van der Waals surface area contributed by atoms with E-state index in [4.69, 9.17) is 14.1 Å². The summed E-state index contributed by atoms with van der Waals surface area (Å²) in [6.07, 6.45) is 2.82. The quantitative estimate of drug-likeness (QED) is 0.151. The van der Waals surface area contributed by atoms with Gasteiger partial charge in [0.05, 0.1) is 18.5 Å². The minimum absolute atomic E-state index is 0.0122. The lowest BCUT2D eigenvalue weighted by molar-refractivity contribution is -0.144. The Hall–Kier alpha value is -2.64. The van der Waals surface area contributed by atoms with E-state index in [9.17, 15) is 19.3 Å². The monoisotopic (exact) mass is 494 g/mol. The van der Waals surface area contributed by atoms with Crippen molar-refractivity contribution in [2.75, 3.05) is 12.8 Å². The van der Waals surface area contributed by atoms with Gasteiger partial charge in [-0.05, 0) is 65.5 Å². The maximum Gasteiger partial charge on any atom is 0.344 e. The number of hydrogen-bond donors (Lipinski definition) is 2. The fourth-order valence-electron chi connectivity index (χ4n) is 3.87. The minimum atomic E-state index is -3.59. The van der Waals surface area contributed by atoms with Crippen LogP contribution in [0.4, 0.5) is 0 Å². The molecule has 34 heavy (non-hydrogen) atoms. The molecule has 0 aliphatic carbocycles. The molecule has 1 aromatic rings. The van der Waals surface area contributed by atoms with Crippen LogP contribution in [-0.4, -0.2) is 41.6 Å². The molecule has 1 heterocycles. The van der Waals surface area contributed by atoms with Gasteiger partial charge in [-0.2, -0.15) is 0 Å². The van der Waals surface area contributed by atoms with E-state index in [1.807, 2.05) is 19.9 Å². The van der Waals surface area contributed by atoms with Gasteiger partial charge in [0.15, 0.2) is 0 Å². The summed E-state index contributed by atoms with van der Waals surface area (Å²) < 4.78 is 29.0. The first-order valence-corrected chi connectivity index (χ1v) is 13.2. The molecule has 2 rings (SSSR count). The van der Waals surface area contributed by atoms with Crippen molar-refractivity contribution in [3.63, 3.8) is 0 Å². The molecule has 0 aromatic heterocycles. The SMILES string of the molecule is CCOC(=O)[C@H](C)NP(=O)(CC(C)=CCc1c(O)c2c(c(C)c1CC)COC2=O)ON=C(C)C. The number of phenols is 1. The van der Waals surface area contributed by atoms with Crippen LogP contribution in [0.5, 0.6) is 5.75 Å². The van der Waals surface area contributed by atoms with Crippen molar-refractivity contribution in [3.8, 4) is 5.75 Å². The number of phenolic OH excluding ortho intramolecular Hbond substituents is 1. The van der Waals surface area contributed by atoms with Crippen LogP contribution in [0.3, 0.4) is 0 Å². The number of cyclic esters (lactones) is 1. The van der Waals surface area contributed by atoms with Gasteiger partial charge in [-0.1, -0.05) is 23.7 Å². The molecule has 0 amide bonds. The summed E-state index contributed by atoms with van der Waals surface area (Å²) in [6.45, 7) is 12.7. The van der Waals surface area contributed by atoms with Crippen LogP contribution in [0.2, 0.25) is 0 Å². The van der Waals surface area contributed by atoms with Crippen molar-refractivity contribution in [1.29, 1.82) is 0 Å². The fourth-order valence-corrected chi connectivity index (χ4v) is 5.84. The van der Waals surface area contributed by atoms with Gasteiger partial charge in [0, 0.05) is 11.1 Å². The number of rotatable bonds is 11. The minimum Gasteiger partial charge on any atom is -0.507 e. The van der Waals surface area contributed by atoms with Crippen LogP contribution < -0.4 is 5.09 Å². The van der Waals surface area contributed by atoms with Gasteiger partial charge in [0.25, 0.3) is 0 Å². The molecule has 0 saturated carbocycles. The second kappa shape index (κ2) is 11.7. The summed E-state index contributed by atoms with van der Waals surface area (Å²) in [6, 6.07) is -0.855. The highest BCUT2D eigenvalue weighted by Crippen LogP contribution is 2.45. The van der Waals surface area contributed by atoms with E-state index in [0.717, 1.165) is 16.7 Å². The van der Waals surface area contributed by atoms with Crippen molar-refractivity contribution in [2.24, 2.45) is 5.16 Å². The molecule has 10 heteroatoms. The number of ether oxygens (including phenoxy) is 2. The average Bonchev–Trinajstić information content (AvgIpc) is 3.15. The summed E-state index contributed by atoms with van der Waals surface area (Å²) in [5.74, 6) is -1.13. The molecule has 9 nitrogen and oxygen atoms in total. The van der Waals surface area contributed by atoms with Crippen LogP contribution >= 0.6 is 7.52 Å². The van der Waals surface area contributed by atoms with Crippen LogP contribution in [0.25, 0.3) is 0 Å². The Balaban J connectivity index is 2.32. The molecule has 188 valence electrons. The molecular formula is C24H35N2O7P. The summed E-state index contributed by atoms with van der Waals surface area (Å²) in [5, 5.41) is 17.4. The molecule has 2 atom stereocenters. The van der Waals surface area contributed by atoms with Gasteiger partial charge in [0.1, 0.15) is 24.0 Å². The average molecular weight is 495 g/mol. The number of carbonyl (C=O) groups is 2. The van der Waals surface area contributed by atoms with Crippen molar-refractivity contribution in [2.45, 2.75) is 74.0 Å². The molecule has 0 bridgehead atoms. The number of esters is 2. The maximum atomic E-state index is 13.5. The van der Waals surface area contributed by atoms with Gasteiger partial charge in [0.2, 0.25) is 0 Å². The van der Waals surface area contributed by atoms with Gasteiger partial charge in [-0.25, -0.2) is 9.88 Å². The lowest BCUT2D eigenvalue weighted by Crippen LogP contribution is -2.34. The summed E-state index contributed by atoms with van der Waals surface area (Å²) in [7, 11) is -3.59. The largest absolute Gasteiger partial charge is 0.507 e. The number of allylic oxidation sites excluding steroid dienone is 2. The third kappa shape index (κ3) is 6.48. The zero-order chi connectivity index (χ0) is 25.6. The summed E-state index contributed by atoms with van der Waals surface area (Å²) in [5.41, 5.74) is 4.77. The van der Waals surface area contributed by atoms with Gasteiger partial charge >= 0.3 is 19.5 Å². The first kappa shape index (κ1) is 27.6. The third-order valence-electron chi connectivity index (χ3n) is 5.50. The first-order chi connectivity index (χ1) is 15.9. The second-order valence-electron chi connectivity index (χ2n) is 8.52. The second-order valence-corrected chi connectivity index (χ2v) is 10.6. The predicted molar refractivity (Wildman–Crippen MR) is 130 cm³/mol. The number of aromatic hydroxyl groups is 1. The Morgan fingerprint density at radius 1 is 1.29 bits per heavy atom. The highest BCUT2D eigenvalue weighted by Gasteiger charge is 2.32. The van der Waals surface area contributed by atoms with Crippen molar-refractivity contribution < 1.29 is 33.4 Å². The Bertz CT molecular complexity index is 1060. The van der Waals surface area contributed by atoms with Crippen LogP contribution in [0, 0.1) is 6.92 Å². The van der Waals surface area contributed by atoms with E-state index in [1.165, 1.54) is 0 Å². The number of fused-ring (bicyclic) bond motifs is 1. The smallest absolute Gasteiger partial charge is 0.344 e. The zero-order valence-corrected chi connectivity index (χ0v) is 21.9. The van der Waals surface area contributed by atoms with Crippen LogP contribution in [0.15, 0.2) is 16.8 Å². The molecule has 1 aliphatic rings. The zero-order valence-electron chi connectivity index (χ0n) is 21.0. The highest BCUT2D eigenvalue weighted by molar-refractivity contribution is 7.57.